The number of hydrogen-bond donors (Lipinski definition) is 0. The summed E-state index contributed by atoms with van der Waals surface area (Å²) in [5.41, 5.74) is 2.73. The van der Waals surface area contributed by atoms with Crippen LogP contribution < -0.4 is 19.9 Å². The first kappa shape index (κ1) is 20.5. The lowest BCUT2D eigenvalue weighted by molar-refractivity contribution is -0.119. The van der Waals surface area contributed by atoms with Crippen LogP contribution >= 0.6 is 0 Å². The van der Waals surface area contributed by atoms with E-state index in [4.69, 9.17) is 9.47 Å². The predicted octanol–water partition coefficient (Wildman–Crippen LogP) is 3.87. The molecule has 0 spiro atoms. The Morgan fingerprint density at radius 2 is 1.61 bits per heavy atom. The Hall–Kier alpha value is -4.39. The zero-order valence-electron chi connectivity index (χ0n) is 17.8. The second kappa shape index (κ2) is 9.00. The fraction of sp³-hybridized carbons (Fsp3) is 0.115. The molecule has 0 bridgehead atoms. The highest BCUT2D eigenvalue weighted by molar-refractivity contribution is 5.93. The number of benzene rings is 3. The van der Waals surface area contributed by atoms with Crippen molar-refractivity contribution in [2.45, 2.75) is 13.1 Å². The number of carbonyl (C=O) groups is 1. The van der Waals surface area contributed by atoms with Crippen LogP contribution in [0.4, 0.5) is 5.69 Å². The zero-order valence-corrected chi connectivity index (χ0v) is 17.8. The van der Waals surface area contributed by atoms with Crippen molar-refractivity contribution in [3.63, 3.8) is 0 Å². The predicted molar refractivity (Wildman–Crippen MR) is 124 cm³/mol. The summed E-state index contributed by atoms with van der Waals surface area (Å²) in [5, 5.41) is 4.45. The number of para-hydroxylation sites is 1. The van der Waals surface area contributed by atoms with E-state index in [9.17, 15) is 9.59 Å². The summed E-state index contributed by atoms with van der Waals surface area (Å²) in [6.07, 6.45) is 0. The number of amides is 1. The smallest absolute Gasteiger partial charge is 0.267 e. The van der Waals surface area contributed by atoms with E-state index in [1.54, 1.807) is 17.0 Å². The molecular weight excluding hydrogens is 418 g/mol. The second-order valence-corrected chi connectivity index (χ2v) is 7.58. The van der Waals surface area contributed by atoms with Crippen LogP contribution in [-0.4, -0.2) is 22.5 Å². The third-order valence-electron chi connectivity index (χ3n) is 5.37. The van der Waals surface area contributed by atoms with Gasteiger partial charge in [-0.05, 0) is 42.0 Å². The SMILES string of the molecule is O=C(Cn1nc(-c2ccc3c(c2)OCO3)ccc1=O)N(Cc1ccccc1)c1ccccc1. The van der Waals surface area contributed by atoms with Crippen molar-refractivity contribution < 1.29 is 14.3 Å². The molecule has 0 fully saturated rings. The van der Waals surface area contributed by atoms with Crippen LogP contribution in [0.2, 0.25) is 0 Å². The monoisotopic (exact) mass is 439 g/mol. The Kier molecular flexibility index (Phi) is 5.59. The van der Waals surface area contributed by atoms with Gasteiger partial charge in [0.25, 0.3) is 5.56 Å². The molecule has 2 heterocycles. The van der Waals surface area contributed by atoms with Crippen LogP contribution in [-0.2, 0) is 17.9 Å². The van der Waals surface area contributed by atoms with Crippen molar-refractivity contribution in [1.82, 2.24) is 9.78 Å². The van der Waals surface area contributed by atoms with Crippen molar-refractivity contribution in [3.8, 4) is 22.8 Å². The lowest BCUT2D eigenvalue weighted by Gasteiger charge is -2.23. The third kappa shape index (κ3) is 4.48. The third-order valence-corrected chi connectivity index (χ3v) is 5.37. The maximum absolute atomic E-state index is 13.4. The standard InChI is InChI=1S/C26H21N3O4/c30-25-14-12-22(20-11-13-23-24(15-20)33-18-32-23)27-29(25)17-26(31)28(21-9-5-2-6-10-21)16-19-7-3-1-4-8-19/h1-15H,16-18H2. The van der Waals surface area contributed by atoms with Crippen LogP contribution in [0.15, 0.2) is 95.8 Å². The summed E-state index contributed by atoms with van der Waals surface area (Å²) in [7, 11) is 0. The number of fused-ring (bicyclic) bond motifs is 1. The Morgan fingerprint density at radius 3 is 2.39 bits per heavy atom. The van der Waals surface area contributed by atoms with E-state index in [1.165, 1.54) is 10.7 Å². The Bertz CT molecular complexity index is 1340. The Balaban J connectivity index is 1.43. The summed E-state index contributed by atoms with van der Waals surface area (Å²) in [6.45, 7) is 0.385. The van der Waals surface area contributed by atoms with Gasteiger partial charge in [0.05, 0.1) is 12.2 Å². The van der Waals surface area contributed by atoms with Gasteiger partial charge in [-0.25, -0.2) is 4.68 Å². The lowest BCUT2D eigenvalue weighted by Crippen LogP contribution is -2.37. The maximum atomic E-state index is 13.4. The van der Waals surface area contributed by atoms with Crippen LogP contribution in [0.3, 0.4) is 0 Å². The van der Waals surface area contributed by atoms with Crippen LogP contribution in [0, 0.1) is 0 Å². The molecule has 0 saturated carbocycles. The largest absolute Gasteiger partial charge is 0.454 e. The van der Waals surface area contributed by atoms with Gasteiger partial charge in [0.15, 0.2) is 11.5 Å². The first-order chi connectivity index (χ1) is 16.2. The average Bonchev–Trinajstić information content (AvgIpc) is 3.33. The van der Waals surface area contributed by atoms with E-state index in [1.807, 2.05) is 72.8 Å². The molecule has 5 rings (SSSR count). The number of hydrogen-bond acceptors (Lipinski definition) is 5. The first-order valence-electron chi connectivity index (χ1n) is 10.5. The van der Waals surface area contributed by atoms with Crippen molar-refractivity contribution in [2.24, 2.45) is 0 Å². The van der Waals surface area contributed by atoms with E-state index in [-0.39, 0.29) is 24.8 Å². The molecule has 7 nitrogen and oxygen atoms in total. The lowest BCUT2D eigenvalue weighted by atomic mass is 10.1. The summed E-state index contributed by atoms with van der Waals surface area (Å²) in [6, 6.07) is 27.7. The normalized spacial score (nSPS) is 11.9. The minimum absolute atomic E-state index is 0.178. The van der Waals surface area contributed by atoms with Gasteiger partial charge < -0.3 is 14.4 Å². The maximum Gasteiger partial charge on any atom is 0.267 e. The van der Waals surface area contributed by atoms with Gasteiger partial charge in [0.2, 0.25) is 12.7 Å². The number of carbonyl (C=O) groups excluding carboxylic acids is 1. The average molecular weight is 439 g/mol. The molecule has 1 amide bonds. The van der Waals surface area contributed by atoms with Crippen LogP contribution in [0.1, 0.15) is 5.56 Å². The van der Waals surface area contributed by atoms with Gasteiger partial charge in [0.1, 0.15) is 6.54 Å². The molecule has 0 aliphatic carbocycles. The molecule has 3 aromatic carbocycles. The Morgan fingerprint density at radius 1 is 0.879 bits per heavy atom. The van der Waals surface area contributed by atoms with E-state index in [0.29, 0.717) is 23.7 Å². The molecule has 0 saturated heterocycles. The number of nitrogens with zero attached hydrogens (tertiary/aromatic N) is 3. The van der Waals surface area contributed by atoms with Gasteiger partial charge in [-0.15, -0.1) is 0 Å². The topological polar surface area (TPSA) is 73.7 Å². The number of ether oxygens (including phenoxy) is 2. The van der Waals surface area contributed by atoms with Crippen molar-refractivity contribution >= 4 is 11.6 Å². The molecule has 0 unspecified atom stereocenters. The molecule has 0 N–H and O–H groups in total. The first-order valence-corrected chi connectivity index (χ1v) is 10.5. The number of rotatable bonds is 6. The Labute approximate surface area is 190 Å². The van der Waals surface area contributed by atoms with Gasteiger partial charge in [-0.1, -0.05) is 48.5 Å². The highest BCUT2D eigenvalue weighted by Gasteiger charge is 2.19. The second-order valence-electron chi connectivity index (χ2n) is 7.58. The number of anilines is 1. The van der Waals surface area contributed by atoms with Gasteiger partial charge >= 0.3 is 0 Å². The van der Waals surface area contributed by atoms with Crippen molar-refractivity contribution in [1.29, 1.82) is 0 Å². The van der Waals surface area contributed by atoms with E-state index >= 15 is 0 Å². The molecular formula is C26H21N3O4. The van der Waals surface area contributed by atoms with Crippen molar-refractivity contribution in [3.05, 3.63) is 107 Å². The van der Waals surface area contributed by atoms with Gasteiger partial charge in [-0.3, -0.25) is 9.59 Å². The molecule has 33 heavy (non-hydrogen) atoms. The fourth-order valence-electron chi connectivity index (χ4n) is 3.68. The minimum Gasteiger partial charge on any atom is -0.454 e. The van der Waals surface area contributed by atoms with Gasteiger partial charge in [0, 0.05) is 17.3 Å². The fourth-order valence-corrected chi connectivity index (χ4v) is 3.68. The summed E-state index contributed by atoms with van der Waals surface area (Å²) in [4.78, 5) is 27.6. The summed E-state index contributed by atoms with van der Waals surface area (Å²) in [5.74, 6) is 1.06. The van der Waals surface area contributed by atoms with Crippen LogP contribution in [0.25, 0.3) is 11.3 Å². The molecule has 7 heteroatoms. The molecule has 1 aliphatic heterocycles. The van der Waals surface area contributed by atoms with E-state index in [2.05, 4.69) is 5.10 Å². The molecule has 0 atom stereocenters. The highest BCUT2D eigenvalue weighted by Crippen LogP contribution is 2.35. The molecule has 1 aromatic heterocycles. The summed E-state index contributed by atoms with van der Waals surface area (Å²) < 4.78 is 12.0. The van der Waals surface area contributed by atoms with Crippen LogP contribution in [0.5, 0.6) is 11.5 Å². The van der Waals surface area contributed by atoms with E-state index < -0.39 is 0 Å². The molecule has 4 aromatic rings. The molecule has 164 valence electrons. The quantitative estimate of drug-likeness (QED) is 0.456. The zero-order chi connectivity index (χ0) is 22.6. The van der Waals surface area contributed by atoms with E-state index in [0.717, 1.165) is 16.8 Å². The molecule has 1 aliphatic rings. The minimum atomic E-state index is -0.347. The van der Waals surface area contributed by atoms with Gasteiger partial charge in [-0.2, -0.15) is 5.10 Å². The highest BCUT2D eigenvalue weighted by atomic mass is 16.7. The molecule has 0 radical (unpaired) electrons. The van der Waals surface area contributed by atoms with Crippen molar-refractivity contribution in [2.75, 3.05) is 11.7 Å². The number of aromatic nitrogens is 2. The summed E-state index contributed by atoms with van der Waals surface area (Å²) >= 11 is 0.